The summed E-state index contributed by atoms with van der Waals surface area (Å²) in [5.41, 5.74) is 3.05. The molecule has 0 aliphatic heterocycles. The van der Waals surface area contributed by atoms with Gasteiger partial charge < -0.3 is 9.84 Å². The van der Waals surface area contributed by atoms with E-state index in [2.05, 4.69) is 42.4 Å². The first-order valence-corrected chi connectivity index (χ1v) is 9.24. The maximum Gasteiger partial charge on any atom is 0.280 e. The molecule has 0 spiro atoms. The third kappa shape index (κ3) is 5.60. The fourth-order valence-electron chi connectivity index (χ4n) is 1.74. The lowest BCUT2D eigenvalue weighted by Gasteiger charge is -2.14. The van der Waals surface area contributed by atoms with Crippen LogP contribution in [0.1, 0.15) is 12.5 Å². The first-order valence-electron chi connectivity index (χ1n) is 6.90. The summed E-state index contributed by atoms with van der Waals surface area (Å²) in [6.45, 7) is 1.57. The van der Waals surface area contributed by atoms with E-state index in [0.29, 0.717) is 30.3 Å². The minimum atomic E-state index is -0.811. The van der Waals surface area contributed by atoms with Crippen molar-refractivity contribution in [3.63, 3.8) is 0 Å². The summed E-state index contributed by atoms with van der Waals surface area (Å²) in [5, 5.41) is 14.3. The van der Waals surface area contributed by atoms with Gasteiger partial charge in [0.2, 0.25) is 0 Å². The fourth-order valence-corrected chi connectivity index (χ4v) is 3.41. The number of aromatic hydroxyl groups is 1. The Morgan fingerprint density at radius 1 is 1.28 bits per heavy atom. The highest BCUT2D eigenvalue weighted by atomic mass is 79.9. The van der Waals surface area contributed by atoms with Crippen molar-refractivity contribution in [1.29, 1.82) is 0 Å². The molecule has 9 heteroatoms. The molecule has 132 valence electrons. The van der Waals surface area contributed by atoms with Crippen molar-refractivity contribution in [1.82, 2.24) is 5.43 Å². The minimum Gasteiger partial charge on any atom is -0.506 e. The molecule has 0 heterocycles. The highest BCUT2D eigenvalue weighted by Crippen LogP contribution is 2.32. The largest absolute Gasteiger partial charge is 0.506 e. The van der Waals surface area contributed by atoms with Gasteiger partial charge >= 0.3 is 0 Å². The molecule has 2 rings (SSSR count). The molecule has 0 fully saturated rings. The number of hydrogen-bond acceptors (Lipinski definition) is 4. The molecular formula is C16H12Br2Cl2N2O3. The lowest BCUT2D eigenvalue weighted by Crippen LogP contribution is -2.33. The van der Waals surface area contributed by atoms with Crippen LogP contribution in [0.5, 0.6) is 11.5 Å². The number of nitrogens with zero attached hydrogens (tertiary/aromatic N) is 1. The third-order valence-corrected chi connectivity index (χ3v) is 4.73. The van der Waals surface area contributed by atoms with Crippen molar-refractivity contribution in [2.24, 2.45) is 5.10 Å². The number of halogens is 4. The van der Waals surface area contributed by atoms with E-state index in [4.69, 9.17) is 27.9 Å². The van der Waals surface area contributed by atoms with Crippen LogP contribution in [-0.4, -0.2) is 23.3 Å². The lowest BCUT2D eigenvalue weighted by atomic mass is 10.2. The molecule has 25 heavy (non-hydrogen) atoms. The van der Waals surface area contributed by atoms with E-state index >= 15 is 0 Å². The Morgan fingerprint density at radius 3 is 2.52 bits per heavy atom. The number of hydrazone groups is 1. The zero-order valence-electron chi connectivity index (χ0n) is 12.8. The second-order valence-electron chi connectivity index (χ2n) is 4.90. The van der Waals surface area contributed by atoms with Gasteiger partial charge in [0, 0.05) is 5.02 Å². The van der Waals surface area contributed by atoms with E-state index in [0.717, 1.165) is 0 Å². The van der Waals surface area contributed by atoms with Crippen LogP contribution >= 0.6 is 55.1 Å². The molecule has 0 aliphatic carbocycles. The van der Waals surface area contributed by atoms with E-state index in [9.17, 15) is 9.90 Å². The van der Waals surface area contributed by atoms with Gasteiger partial charge in [0.05, 0.1) is 20.2 Å². The number of benzene rings is 2. The van der Waals surface area contributed by atoms with Gasteiger partial charge in [-0.25, -0.2) is 5.43 Å². The van der Waals surface area contributed by atoms with E-state index in [1.54, 1.807) is 31.2 Å². The summed E-state index contributed by atoms with van der Waals surface area (Å²) in [6, 6.07) is 8.05. The van der Waals surface area contributed by atoms with E-state index in [1.165, 1.54) is 12.3 Å². The number of carbonyl (C=O) groups excluding carboxylic acids is 1. The average molecular weight is 511 g/mol. The van der Waals surface area contributed by atoms with E-state index in [1.807, 2.05) is 0 Å². The van der Waals surface area contributed by atoms with Crippen LogP contribution in [0.4, 0.5) is 0 Å². The summed E-state index contributed by atoms with van der Waals surface area (Å²) in [4.78, 5) is 12.0. The number of rotatable bonds is 5. The first-order chi connectivity index (χ1) is 11.8. The van der Waals surface area contributed by atoms with Gasteiger partial charge in [-0.05, 0) is 74.7 Å². The third-order valence-electron chi connectivity index (χ3n) is 2.99. The summed E-state index contributed by atoms with van der Waals surface area (Å²) >= 11 is 18.3. The SMILES string of the molecule is C[C@H](Oc1ccc(Cl)cc1Cl)C(=O)N/N=C\c1cc(Br)c(O)c(Br)c1. The van der Waals surface area contributed by atoms with Gasteiger partial charge in [-0.3, -0.25) is 4.79 Å². The lowest BCUT2D eigenvalue weighted by molar-refractivity contribution is -0.127. The molecule has 0 saturated carbocycles. The predicted octanol–water partition coefficient (Wildman–Crippen LogP) is 5.14. The number of nitrogens with one attached hydrogen (secondary N) is 1. The van der Waals surface area contributed by atoms with Gasteiger partial charge in [0.15, 0.2) is 6.10 Å². The molecule has 0 unspecified atom stereocenters. The van der Waals surface area contributed by atoms with Gasteiger partial charge in [0.25, 0.3) is 5.91 Å². The highest BCUT2D eigenvalue weighted by Gasteiger charge is 2.15. The van der Waals surface area contributed by atoms with Crippen LogP contribution in [0.3, 0.4) is 0 Å². The number of carbonyl (C=O) groups is 1. The molecule has 2 aromatic rings. The summed E-state index contributed by atoms with van der Waals surface area (Å²) < 4.78 is 6.50. The molecule has 1 amide bonds. The first kappa shape index (κ1) is 20.0. The van der Waals surface area contributed by atoms with E-state index < -0.39 is 12.0 Å². The van der Waals surface area contributed by atoms with Crippen LogP contribution < -0.4 is 10.2 Å². The standard InChI is InChI=1S/C16H12Br2Cl2N2O3/c1-8(25-14-3-2-10(19)6-13(14)20)16(24)22-21-7-9-4-11(17)15(23)12(18)5-9/h2-8,23H,1H3,(H,22,24)/b21-7-/t8-/m0/s1. The Labute approximate surface area is 171 Å². The molecule has 0 aliphatic rings. The monoisotopic (exact) mass is 508 g/mol. The zero-order chi connectivity index (χ0) is 18.6. The van der Waals surface area contributed by atoms with Crippen molar-refractivity contribution in [2.45, 2.75) is 13.0 Å². The van der Waals surface area contributed by atoms with Crippen molar-refractivity contribution in [3.8, 4) is 11.5 Å². The predicted molar refractivity (Wildman–Crippen MR) is 106 cm³/mol. The van der Waals surface area contributed by atoms with Crippen LogP contribution in [0, 0.1) is 0 Å². The Balaban J connectivity index is 1.97. The molecule has 0 saturated heterocycles. The van der Waals surface area contributed by atoms with Gasteiger partial charge in [-0.2, -0.15) is 5.10 Å². The topological polar surface area (TPSA) is 70.9 Å². The van der Waals surface area contributed by atoms with Crippen LogP contribution in [0.25, 0.3) is 0 Å². The van der Waals surface area contributed by atoms with Crippen LogP contribution in [0.15, 0.2) is 44.4 Å². The van der Waals surface area contributed by atoms with Crippen LogP contribution in [-0.2, 0) is 4.79 Å². The number of hydrogen-bond donors (Lipinski definition) is 2. The fraction of sp³-hybridized carbons (Fsp3) is 0.125. The minimum absolute atomic E-state index is 0.0862. The zero-order valence-corrected chi connectivity index (χ0v) is 17.4. The second-order valence-corrected chi connectivity index (χ2v) is 7.45. The highest BCUT2D eigenvalue weighted by molar-refractivity contribution is 9.11. The molecule has 0 bridgehead atoms. The molecule has 2 aromatic carbocycles. The smallest absolute Gasteiger partial charge is 0.280 e. The molecule has 1 atom stereocenters. The molecule has 0 aromatic heterocycles. The van der Waals surface area contributed by atoms with Crippen molar-refractivity contribution in [3.05, 3.63) is 54.9 Å². The molecule has 0 radical (unpaired) electrons. The Hall–Kier alpha value is -1.28. The maximum absolute atomic E-state index is 12.0. The average Bonchev–Trinajstić information content (AvgIpc) is 2.54. The van der Waals surface area contributed by atoms with Gasteiger partial charge in [-0.1, -0.05) is 23.2 Å². The summed E-state index contributed by atoms with van der Waals surface area (Å²) in [5.74, 6) is -0.00804. The maximum atomic E-state index is 12.0. The molecule has 5 nitrogen and oxygen atoms in total. The molecular weight excluding hydrogens is 499 g/mol. The Bertz CT molecular complexity index is 808. The molecule has 2 N–H and O–H groups in total. The second kappa shape index (κ2) is 8.89. The number of phenols is 1. The quantitative estimate of drug-likeness (QED) is 0.432. The van der Waals surface area contributed by atoms with Crippen molar-refractivity contribution in [2.75, 3.05) is 0 Å². The van der Waals surface area contributed by atoms with Gasteiger partial charge in [-0.15, -0.1) is 0 Å². The number of phenolic OH excluding ortho intramolecular Hbond substituents is 1. The Morgan fingerprint density at radius 2 is 1.92 bits per heavy atom. The van der Waals surface area contributed by atoms with Crippen LogP contribution in [0.2, 0.25) is 10.0 Å². The summed E-state index contributed by atoms with van der Waals surface area (Å²) in [6.07, 6.45) is 0.628. The van der Waals surface area contributed by atoms with Crippen molar-refractivity contribution >= 4 is 67.2 Å². The number of ether oxygens (including phenoxy) is 1. The Kier molecular flexibility index (Phi) is 7.13. The summed E-state index contributed by atoms with van der Waals surface area (Å²) in [7, 11) is 0. The normalized spacial score (nSPS) is 12.2. The number of amides is 1. The van der Waals surface area contributed by atoms with Crippen molar-refractivity contribution < 1.29 is 14.6 Å². The van der Waals surface area contributed by atoms with E-state index in [-0.39, 0.29) is 5.75 Å². The van der Waals surface area contributed by atoms with Gasteiger partial charge in [0.1, 0.15) is 11.5 Å².